The van der Waals surface area contributed by atoms with Crippen molar-refractivity contribution in [2.24, 2.45) is 0 Å². The van der Waals surface area contributed by atoms with Gasteiger partial charge in [0, 0.05) is 11.6 Å². The Labute approximate surface area is 141 Å². The number of rotatable bonds is 7. The number of unbranched alkanes of at least 4 members (excludes halogenated alkanes) is 1. The third-order valence-corrected chi connectivity index (χ3v) is 3.56. The van der Waals surface area contributed by atoms with Crippen LogP contribution in [0.3, 0.4) is 0 Å². The van der Waals surface area contributed by atoms with Crippen molar-refractivity contribution in [1.82, 2.24) is 10.9 Å². The largest absolute Gasteiger partial charge is 0.449 e. The number of hydrazine groups is 1. The molecule has 2 N–H and O–H groups in total. The van der Waals surface area contributed by atoms with Crippen molar-refractivity contribution in [2.45, 2.75) is 26.3 Å². The van der Waals surface area contributed by atoms with Gasteiger partial charge in [0.05, 0.1) is 6.61 Å². The fourth-order valence-electron chi connectivity index (χ4n) is 2.05. The molecule has 2 rings (SSSR count). The molecular weight excluding hydrogens is 312 g/mol. The van der Waals surface area contributed by atoms with Gasteiger partial charge in [-0.15, -0.1) is 0 Å². The van der Waals surface area contributed by atoms with Gasteiger partial charge in [-0.05, 0) is 35.2 Å². The van der Waals surface area contributed by atoms with Crippen LogP contribution in [0.4, 0.5) is 4.79 Å². The molecule has 0 saturated carbocycles. The summed E-state index contributed by atoms with van der Waals surface area (Å²) in [5.41, 5.74) is 8.60. The highest BCUT2D eigenvalue weighted by molar-refractivity contribution is 6.30. The first-order valence-corrected chi connectivity index (χ1v) is 8.07. The van der Waals surface area contributed by atoms with Crippen LogP contribution in [0, 0.1) is 0 Å². The number of hydrogen-bond donors (Lipinski definition) is 2. The van der Waals surface area contributed by atoms with E-state index in [4.69, 9.17) is 16.3 Å². The van der Waals surface area contributed by atoms with Gasteiger partial charge in [-0.25, -0.2) is 10.2 Å². The lowest BCUT2D eigenvalue weighted by Crippen LogP contribution is -2.37. The maximum atomic E-state index is 11.4. The standard InChI is InChI=1S/C18H21ClN2O2/c1-2-3-11-23-18(22)21-20-13-14-7-9-15(10-8-14)16-5-4-6-17(19)12-16/h4-10,12,20H,2-3,11,13H2,1H3,(H,21,22). The molecule has 0 aliphatic rings. The second-order valence-corrected chi connectivity index (χ2v) is 5.61. The van der Waals surface area contributed by atoms with Gasteiger partial charge in [0.2, 0.25) is 0 Å². The monoisotopic (exact) mass is 332 g/mol. The van der Waals surface area contributed by atoms with Crippen LogP contribution in [0.2, 0.25) is 5.02 Å². The van der Waals surface area contributed by atoms with E-state index >= 15 is 0 Å². The summed E-state index contributed by atoms with van der Waals surface area (Å²) in [5.74, 6) is 0. The third-order valence-electron chi connectivity index (χ3n) is 3.33. The van der Waals surface area contributed by atoms with Crippen molar-refractivity contribution in [2.75, 3.05) is 6.61 Å². The first-order chi connectivity index (χ1) is 11.2. The summed E-state index contributed by atoms with van der Waals surface area (Å²) in [5, 5.41) is 0.721. The second kappa shape index (κ2) is 9.18. The Morgan fingerprint density at radius 1 is 1.13 bits per heavy atom. The summed E-state index contributed by atoms with van der Waals surface area (Å²) in [6, 6.07) is 15.8. The van der Waals surface area contributed by atoms with Crippen LogP contribution in [-0.4, -0.2) is 12.7 Å². The Balaban J connectivity index is 1.80. The van der Waals surface area contributed by atoms with Gasteiger partial charge in [-0.1, -0.05) is 61.3 Å². The predicted octanol–water partition coefficient (Wildman–Crippen LogP) is 4.54. The lowest BCUT2D eigenvalue weighted by molar-refractivity contribution is 0.139. The lowest BCUT2D eigenvalue weighted by atomic mass is 10.0. The van der Waals surface area contributed by atoms with Crippen molar-refractivity contribution in [3.63, 3.8) is 0 Å². The highest BCUT2D eigenvalue weighted by Crippen LogP contribution is 2.22. The Morgan fingerprint density at radius 2 is 1.91 bits per heavy atom. The highest BCUT2D eigenvalue weighted by Gasteiger charge is 2.01. The molecule has 0 saturated heterocycles. The van der Waals surface area contributed by atoms with E-state index in [1.54, 1.807) is 0 Å². The average molecular weight is 333 g/mol. The Kier molecular flexibility index (Phi) is 6.91. The number of nitrogens with one attached hydrogen (secondary N) is 2. The summed E-state index contributed by atoms with van der Waals surface area (Å²) in [4.78, 5) is 11.4. The average Bonchev–Trinajstić information content (AvgIpc) is 2.56. The lowest BCUT2D eigenvalue weighted by Gasteiger charge is -2.09. The van der Waals surface area contributed by atoms with Gasteiger partial charge < -0.3 is 4.74 Å². The third kappa shape index (κ3) is 5.93. The van der Waals surface area contributed by atoms with E-state index < -0.39 is 6.09 Å². The molecule has 0 spiro atoms. The van der Waals surface area contributed by atoms with Crippen molar-refractivity contribution in [3.8, 4) is 11.1 Å². The van der Waals surface area contributed by atoms with Crippen molar-refractivity contribution in [3.05, 3.63) is 59.1 Å². The summed E-state index contributed by atoms with van der Waals surface area (Å²) in [6.45, 7) is 3.02. The van der Waals surface area contributed by atoms with Crippen LogP contribution in [0.5, 0.6) is 0 Å². The summed E-state index contributed by atoms with van der Waals surface area (Å²) < 4.78 is 4.98. The summed E-state index contributed by atoms with van der Waals surface area (Å²) in [7, 11) is 0. The van der Waals surface area contributed by atoms with Gasteiger partial charge in [-0.3, -0.25) is 5.43 Å². The molecule has 2 aromatic rings. The van der Waals surface area contributed by atoms with Crippen molar-refractivity contribution < 1.29 is 9.53 Å². The Bertz CT molecular complexity index is 629. The number of hydrogen-bond acceptors (Lipinski definition) is 3. The quantitative estimate of drug-likeness (QED) is 0.578. The number of benzene rings is 2. The van der Waals surface area contributed by atoms with E-state index in [2.05, 4.69) is 10.9 Å². The van der Waals surface area contributed by atoms with E-state index in [9.17, 15) is 4.79 Å². The molecule has 0 aliphatic heterocycles. The Hall–Kier alpha value is -2.04. The summed E-state index contributed by atoms with van der Waals surface area (Å²) in [6.07, 6.45) is 1.42. The molecule has 23 heavy (non-hydrogen) atoms. The van der Waals surface area contributed by atoms with Crippen molar-refractivity contribution >= 4 is 17.7 Å². The van der Waals surface area contributed by atoms with E-state index in [1.807, 2.05) is 55.5 Å². The Morgan fingerprint density at radius 3 is 2.61 bits per heavy atom. The molecule has 5 heteroatoms. The van der Waals surface area contributed by atoms with Gasteiger partial charge in [0.15, 0.2) is 0 Å². The predicted molar refractivity (Wildman–Crippen MR) is 93.1 cm³/mol. The fourth-order valence-corrected chi connectivity index (χ4v) is 2.24. The van der Waals surface area contributed by atoms with E-state index in [1.165, 1.54) is 0 Å². The maximum Gasteiger partial charge on any atom is 0.421 e. The molecular formula is C18H21ClN2O2. The molecule has 0 bridgehead atoms. The highest BCUT2D eigenvalue weighted by atomic mass is 35.5. The minimum Gasteiger partial charge on any atom is -0.449 e. The number of carbonyl (C=O) groups excluding carboxylic acids is 1. The number of halogens is 1. The molecule has 1 amide bonds. The minimum absolute atomic E-state index is 0.443. The van der Waals surface area contributed by atoms with Gasteiger partial charge >= 0.3 is 6.09 Å². The zero-order valence-electron chi connectivity index (χ0n) is 13.1. The van der Waals surface area contributed by atoms with Crippen LogP contribution in [-0.2, 0) is 11.3 Å². The van der Waals surface area contributed by atoms with Gasteiger partial charge in [0.1, 0.15) is 0 Å². The van der Waals surface area contributed by atoms with Crippen LogP contribution in [0.1, 0.15) is 25.3 Å². The molecule has 0 aliphatic carbocycles. The molecule has 0 heterocycles. The minimum atomic E-state index is -0.450. The SMILES string of the molecule is CCCCOC(=O)NNCc1ccc(-c2cccc(Cl)c2)cc1. The number of carbonyl (C=O) groups is 1. The van der Waals surface area contributed by atoms with Crippen LogP contribution >= 0.6 is 11.6 Å². The molecule has 122 valence electrons. The number of amides is 1. The molecule has 0 atom stereocenters. The first kappa shape index (κ1) is 17.3. The van der Waals surface area contributed by atoms with Crippen LogP contribution in [0.25, 0.3) is 11.1 Å². The molecule has 2 aromatic carbocycles. The zero-order chi connectivity index (χ0) is 16.5. The number of ether oxygens (including phenoxy) is 1. The van der Waals surface area contributed by atoms with Crippen LogP contribution in [0.15, 0.2) is 48.5 Å². The first-order valence-electron chi connectivity index (χ1n) is 7.69. The molecule has 0 unspecified atom stereocenters. The summed E-state index contributed by atoms with van der Waals surface area (Å²) >= 11 is 6.01. The smallest absolute Gasteiger partial charge is 0.421 e. The van der Waals surface area contributed by atoms with E-state index in [0.29, 0.717) is 13.2 Å². The van der Waals surface area contributed by atoms with E-state index in [-0.39, 0.29) is 0 Å². The molecule has 0 fully saturated rings. The second-order valence-electron chi connectivity index (χ2n) is 5.18. The topological polar surface area (TPSA) is 50.4 Å². The normalized spacial score (nSPS) is 10.3. The van der Waals surface area contributed by atoms with E-state index in [0.717, 1.165) is 34.6 Å². The van der Waals surface area contributed by atoms with Gasteiger partial charge in [-0.2, -0.15) is 0 Å². The zero-order valence-corrected chi connectivity index (χ0v) is 13.9. The molecule has 0 aromatic heterocycles. The van der Waals surface area contributed by atoms with Gasteiger partial charge in [0.25, 0.3) is 0 Å². The molecule has 0 radical (unpaired) electrons. The molecule has 4 nitrogen and oxygen atoms in total. The van der Waals surface area contributed by atoms with Crippen molar-refractivity contribution in [1.29, 1.82) is 0 Å². The maximum absolute atomic E-state index is 11.4. The fraction of sp³-hybridized carbons (Fsp3) is 0.278. The van der Waals surface area contributed by atoms with Crippen LogP contribution < -0.4 is 10.9 Å².